The third kappa shape index (κ3) is 4.02. The molecule has 0 aliphatic carbocycles. The summed E-state index contributed by atoms with van der Waals surface area (Å²) in [4.78, 5) is 2.46. The number of nitrogens with one attached hydrogen (secondary N) is 1. The number of halogens is 1. The molecule has 3 nitrogen and oxygen atoms in total. The molecule has 106 valence electrons. The fraction of sp³-hybridized carbons (Fsp3) is 0.600. The molecule has 1 aliphatic heterocycles. The Morgan fingerprint density at radius 2 is 2.26 bits per heavy atom. The molecule has 1 fully saturated rings. The van der Waals surface area contributed by atoms with Gasteiger partial charge >= 0.3 is 0 Å². The molecule has 0 radical (unpaired) electrons. The first-order valence-corrected chi connectivity index (χ1v) is 7.78. The Balaban J connectivity index is 2.01. The average Bonchev–Trinajstić information content (AvgIpc) is 2.46. The van der Waals surface area contributed by atoms with E-state index in [4.69, 9.17) is 4.74 Å². The predicted molar refractivity (Wildman–Crippen MR) is 82.5 cm³/mol. The van der Waals surface area contributed by atoms with Gasteiger partial charge in [0.15, 0.2) is 0 Å². The SMILES string of the molecule is CCN1CCOC(C(Cc2ccccc2Br)NC)C1. The standard InChI is InChI=1S/C15H23BrN2O/c1-3-18-8-9-19-15(11-18)14(17-2)10-12-6-4-5-7-13(12)16/h4-7,14-15,17H,3,8-11H2,1-2H3. The fourth-order valence-corrected chi connectivity index (χ4v) is 3.03. The molecule has 1 saturated heterocycles. The van der Waals surface area contributed by atoms with Crippen molar-refractivity contribution in [2.45, 2.75) is 25.5 Å². The summed E-state index contributed by atoms with van der Waals surface area (Å²) in [5, 5.41) is 3.42. The summed E-state index contributed by atoms with van der Waals surface area (Å²) in [6, 6.07) is 8.77. The minimum Gasteiger partial charge on any atom is -0.374 e. The minimum absolute atomic E-state index is 0.269. The third-order valence-electron chi connectivity index (χ3n) is 3.84. The topological polar surface area (TPSA) is 24.5 Å². The van der Waals surface area contributed by atoms with Crippen molar-refractivity contribution in [3.63, 3.8) is 0 Å². The maximum Gasteiger partial charge on any atom is 0.0858 e. The van der Waals surface area contributed by atoms with Crippen LogP contribution in [0.1, 0.15) is 12.5 Å². The predicted octanol–water partition coefficient (Wildman–Crippen LogP) is 2.30. The molecule has 0 aromatic heterocycles. The van der Waals surface area contributed by atoms with Crippen molar-refractivity contribution in [1.82, 2.24) is 10.2 Å². The first-order chi connectivity index (χ1) is 9.24. The molecular weight excluding hydrogens is 304 g/mol. The lowest BCUT2D eigenvalue weighted by atomic mass is 10.00. The third-order valence-corrected chi connectivity index (χ3v) is 4.62. The fourth-order valence-electron chi connectivity index (χ4n) is 2.58. The van der Waals surface area contributed by atoms with E-state index in [1.165, 1.54) is 10.0 Å². The molecule has 1 aromatic rings. The van der Waals surface area contributed by atoms with Crippen LogP contribution in [0.2, 0.25) is 0 Å². The van der Waals surface area contributed by atoms with Gasteiger partial charge < -0.3 is 10.1 Å². The molecule has 4 heteroatoms. The quantitative estimate of drug-likeness (QED) is 0.898. The van der Waals surface area contributed by atoms with Crippen molar-refractivity contribution in [3.05, 3.63) is 34.3 Å². The van der Waals surface area contributed by atoms with Gasteiger partial charge in [0.05, 0.1) is 12.7 Å². The van der Waals surface area contributed by atoms with E-state index in [-0.39, 0.29) is 6.10 Å². The lowest BCUT2D eigenvalue weighted by Crippen LogP contribution is -2.52. The van der Waals surface area contributed by atoms with Crippen LogP contribution in [0.3, 0.4) is 0 Å². The first-order valence-electron chi connectivity index (χ1n) is 6.99. The van der Waals surface area contributed by atoms with E-state index in [9.17, 15) is 0 Å². The molecule has 1 N–H and O–H groups in total. The van der Waals surface area contributed by atoms with Crippen LogP contribution in [-0.2, 0) is 11.2 Å². The van der Waals surface area contributed by atoms with Gasteiger partial charge in [0, 0.05) is 23.6 Å². The zero-order chi connectivity index (χ0) is 13.7. The maximum absolute atomic E-state index is 5.96. The Labute approximate surface area is 124 Å². The summed E-state index contributed by atoms with van der Waals surface area (Å²) in [6.07, 6.45) is 1.26. The van der Waals surface area contributed by atoms with E-state index >= 15 is 0 Å². The van der Waals surface area contributed by atoms with E-state index in [1.807, 2.05) is 7.05 Å². The molecule has 2 atom stereocenters. The van der Waals surface area contributed by atoms with E-state index in [0.29, 0.717) is 6.04 Å². The van der Waals surface area contributed by atoms with Gasteiger partial charge in [-0.1, -0.05) is 41.1 Å². The summed E-state index contributed by atoms with van der Waals surface area (Å²) in [6.45, 7) is 6.23. The van der Waals surface area contributed by atoms with Crippen LogP contribution in [0.4, 0.5) is 0 Å². The van der Waals surface area contributed by atoms with Gasteiger partial charge in [-0.2, -0.15) is 0 Å². The Bertz CT molecular complexity index is 399. The van der Waals surface area contributed by atoms with Gasteiger partial charge in [0.2, 0.25) is 0 Å². The monoisotopic (exact) mass is 326 g/mol. The van der Waals surface area contributed by atoms with Crippen LogP contribution < -0.4 is 5.32 Å². The zero-order valence-electron chi connectivity index (χ0n) is 11.7. The highest BCUT2D eigenvalue weighted by Crippen LogP contribution is 2.20. The zero-order valence-corrected chi connectivity index (χ0v) is 13.3. The molecule has 0 spiro atoms. The lowest BCUT2D eigenvalue weighted by Gasteiger charge is -2.36. The Morgan fingerprint density at radius 1 is 1.47 bits per heavy atom. The summed E-state index contributed by atoms with van der Waals surface area (Å²) < 4.78 is 7.13. The summed E-state index contributed by atoms with van der Waals surface area (Å²) in [5.74, 6) is 0. The summed E-state index contributed by atoms with van der Waals surface area (Å²) in [7, 11) is 2.02. The Hall–Kier alpha value is -0.420. The molecule has 1 aliphatic rings. The molecule has 19 heavy (non-hydrogen) atoms. The summed E-state index contributed by atoms with van der Waals surface area (Å²) in [5.41, 5.74) is 1.33. The number of hydrogen-bond acceptors (Lipinski definition) is 3. The number of morpholine rings is 1. The minimum atomic E-state index is 0.269. The normalized spacial score (nSPS) is 22.4. The van der Waals surface area contributed by atoms with Gasteiger partial charge in [-0.15, -0.1) is 0 Å². The highest BCUT2D eigenvalue weighted by atomic mass is 79.9. The van der Waals surface area contributed by atoms with Crippen molar-refractivity contribution in [3.8, 4) is 0 Å². The molecule has 2 rings (SSSR count). The van der Waals surface area contributed by atoms with Crippen LogP contribution in [0.25, 0.3) is 0 Å². The van der Waals surface area contributed by atoms with Crippen LogP contribution in [0, 0.1) is 0 Å². The number of ether oxygens (including phenoxy) is 1. The van der Waals surface area contributed by atoms with Crippen molar-refractivity contribution in [2.24, 2.45) is 0 Å². The van der Waals surface area contributed by atoms with Crippen LogP contribution >= 0.6 is 15.9 Å². The van der Waals surface area contributed by atoms with E-state index < -0.39 is 0 Å². The number of rotatable bonds is 5. The van der Waals surface area contributed by atoms with Gasteiger partial charge in [0.1, 0.15) is 0 Å². The average molecular weight is 327 g/mol. The summed E-state index contributed by atoms with van der Waals surface area (Å²) >= 11 is 3.62. The van der Waals surface area contributed by atoms with E-state index in [2.05, 4.69) is 57.3 Å². The van der Waals surface area contributed by atoms with Gasteiger partial charge in [-0.3, -0.25) is 4.90 Å². The molecule has 2 unspecified atom stereocenters. The van der Waals surface area contributed by atoms with Crippen LogP contribution in [0.5, 0.6) is 0 Å². The lowest BCUT2D eigenvalue weighted by molar-refractivity contribution is -0.0436. The van der Waals surface area contributed by atoms with Crippen molar-refractivity contribution in [1.29, 1.82) is 0 Å². The molecule has 0 bridgehead atoms. The van der Waals surface area contributed by atoms with E-state index in [1.54, 1.807) is 0 Å². The van der Waals surface area contributed by atoms with Gasteiger partial charge in [-0.25, -0.2) is 0 Å². The highest BCUT2D eigenvalue weighted by Gasteiger charge is 2.27. The number of hydrogen-bond donors (Lipinski definition) is 1. The molecule has 1 heterocycles. The van der Waals surface area contributed by atoms with Gasteiger partial charge in [-0.05, 0) is 31.6 Å². The largest absolute Gasteiger partial charge is 0.374 e. The second-order valence-corrected chi connectivity index (χ2v) is 5.85. The number of nitrogens with zero attached hydrogens (tertiary/aromatic N) is 1. The molecule has 0 saturated carbocycles. The number of likely N-dealkylation sites (N-methyl/N-ethyl adjacent to an activating group) is 2. The van der Waals surface area contributed by atoms with Crippen LogP contribution in [0.15, 0.2) is 28.7 Å². The second-order valence-electron chi connectivity index (χ2n) is 4.99. The Morgan fingerprint density at radius 3 is 2.95 bits per heavy atom. The smallest absolute Gasteiger partial charge is 0.0858 e. The van der Waals surface area contributed by atoms with E-state index in [0.717, 1.165) is 32.7 Å². The first kappa shape index (κ1) is 15.0. The molecular formula is C15H23BrN2O. The van der Waals surface area contributed by atoms with Crippen molar-refractivity contribution < 1.29 is 4.74 Å². The Kier molecular flexibility index (Phi) is 5.82. The second kappa shape index (κ2) is 7.39. The highest BCUT2D eigenvalue weighted by molar-refractivity contribution is 9.10. The van der Waals surface area contributed by atoms with Crippen molar-refractivity contribution >= 4 is 15.9 Å². The van der Waals surface area contributed by atoms with Crippen LogP contribution in [-0.4, -0.2) is 50.3 Å². The number of benzene rings is 1. The molecule has 1 aromatic carbocycles. The van der Waals surface area contributed by atoms with Crippen molar-refractivity contribution in [2.75, 3.05) is 33.3 Å². The van der Waals surface area contributed by atoms with Gasteiger partial charge in [0.25, 0.3) is 0 Å². The maximum atomic E-state index is 5.96. The molecule has 0 amide bonds.